The molecule has 13 heavy (non-hydrogen) atoms. The van der Waals surface area contributed by atoms with Crippen LogP contribution in [0.5, 0.6) is 0 Å². The molecule has 1 aliphatic carbocycles. The molecule has 0 nitrogen and oxygen atoms in total. The summed E-state index contributed by atoms with van der Waals surface area (Å²) in [5, 5.41) is 0. The summed E-state index contributed by atoms with van der Waals surface area (Å²) in [6.45, 7) is 2.26. The van der Waals surface area contributed by atoms with E-state index in [1.165, 1.54) is 38.5 Å². The molecule has 0 aromatic heterocycles. The molecule has 1 aromatic carbocycles. The van der Waals surface area contributed by atoms with Crippen molar-refractivity contribution in [2.45, 2.75) is 45.4 Å². The van der Waals surface area contributed by atoms with Crippen molar-refractivity contribution < 1.29 is 0 Å². The summed E-state index contributed by atoms with van der Waals surface area (Å²) in [7, 11) is 0. The summed E-state index contributed by atoms with van der Waals surface area (Å²) >= 11 is 0. The third-order valence-electron chi connectivity index (χ3n) is 2.98. The third kappa shape index (κ3) is 1.93. The molecule has 0 heterocycles. The molecule has 0 atom stereocenters. The monoisotopic (exact) mass is 174 g/mol. The second-order valence-electron chi connectivity index (χ2n) is 4.06. The van der Waals surface area contributed by atoms with Gasteiger partial charge in [-0.05, 0) is 48.8 Å². The fourth-order valence-corrected chi connectivity index (χ4v) is 2.16. The van der Waals surface area contributed by atoms with Crippen LogP contribution >= 0.6 is 0 Å². The van der Waals surface area contributed by atoms with Crippen molar-refractivity contribution in [3.05, 3.63) is 34.9 Å². The molecular formula is C13H18. The number of fused-ring (bicyclic) bond motifs is 1. The molecule has 0 aliphatic heterocycles. The van der Waals surface area contributed by atoms with Crippen LogP contribution in [0.2, 0.25) is 0 Å². The van der Waals surface area contributed by atoms with Gasteiger partial charge >= 0.3 is 0 Å². The summed E-state index contributed by atoms with van der Waals surface area (Å²) in [5.41, 5.74) is 4.76. The summed E-state index contributed by atoms with van der Waals surface area (Å²) in [6.07, 6.45) is 7.89. The van der Waals surface area contributed by atoms with Crippen LogP contribution in [0.3, 0.4) is 0 Å². The second kappa shape index (κ2) is 3.95. The maximum Gasteiger partial charge on any atom is -0.0273 e. The Morgan fingerprint density at radius 3 is 2.85 bits per heavy atom. The molecule has 1 aliphatic rings. The van der Waals surface area contributed by atoms with E-state index in [9.17, 15) is 0 Å². The Balaban J connectivity index is 2.12. The van der Waals surface area contributed by atoms with Crippen LogP contribution in [0.1, 0.15) is 42.9 Å². The molecular weight excluding hydrogens is 156 g/mol. The van der Waals surface area contributed by atoms with E-state index in [4.69, 9.17) is 0 Å². The SMILES string of the molecule is CCCCc1ccc2c(c1)CCC2. The quantitative estimate of drug-likeness (QED) is 0.657. The minimum absolute atomic E-state index is 1.27. The summed E-state index contributed by atoms with van der Waals surface area (Å²) in [4.78, 5) is 0. The zero-order valence-corrected chi connectivity index (χ0v) is 8.47. The fourth-order valence-electron chi connectivity index (χ4n) is 2.16. The molecule has 0 N–H and O–H groups in total. The maximum absolute atomic E-state index is 2.43. The molecule has 0 bridgehead atoms. The van der Waals surface area contributed by atoms with Gasteiger partial charge in [0.2, 0.25) is 0 Å². The van der Waals surface area contributed by atoms with E-state index >= 15 is 0 Å². The predicted molar refractivity (Wildman–Crippen MR) is 57.1 cm³/mol. The molecule has 0 fully saturated rings. The minimum atomic E-state index is 1.27. The van der Waals surface area contributed by atoms with Gasteiger partial charge in [-0.1, -0.05) is 31.5 Å². The first-order valence-corrected chi connectivity index (χ1v) is 5.51. The summed E-state index contributed by atoms with van der Waals surface area (Å²) < 4.78 is 0. The first kappa shape index (κ1) is 8.80. The summed E-state index contributed by atoms with van der Waals surface area (Å²) in [6, 6.07) is 7.09. The Hall–Kier alpha value is -0.780. The maximum atomic E-state index is 2.43. The number of aryl methyl sites for hydroxylation is 3. The van der Waals surface area contributed by atoms with Gasteiger partial charge in [0.1, 0.15) is 0 Å². The minimum Gasteiger partial charge on any atom is -0.0654 e. The van der Waals surface area contributed by atoms with Crippen LogP contribution < -0.4 is 0 Å². The van der Waals surface area contributed by atoms with Crippen molar-refractivity contribution in [3.8, 4) is 0 Å². The Morgan fingerprint density at radius 2 is 2.00 bits per heavy atom. The van der Waals surface area contributed by atoms with Gasteiger partial charge in [0.15, 0.2) is 0 Å². The largest absolute Gasteiger partial charge is 0.0654 e. The van der Waals surface area contributed by atoms with Crippen molar-refractivity contribution in [1.29, 1.82) is 0 Å². The van der Waals surface area contributed by atoms with Gasteiger partial charge in [0.05, 0.1) is 0 Å². The lowest BCUT2D eigenvalue weighted by Gasteiger charge is -2.03. The molecule has 2 rings (SSSR count). The summed E-state index contributed by atoms with van der Waals surface area (Å²) in [5.74, 6) is 0. The van der Waals surface area contributed by atoms with E-state index in [-0.39, 0.29) is 0 Å². The van der Waals surface area contributed by atoms with Gasteiger partial charge < -0.3 is 0 Å². The van der Waals surface area contributed by atoms with Crippen LogP contribution in [0.4, 0.5) is 0 Å². The molecule has 0 saturated carbocycles. The molecule has 0 unspecified atom stereocenters. The highest BCUT2D eigenvalue weighted by Gasteiger charge is 2.09. The van der Waals surface area contributed by atoms with Crippen LogP contribution in [0, 0.1) is 0 Å². The predicted octanol–water partition coefficient (Wildman–Crippen LogP) is 3.52. The highest BCUT2D eigenvalue weighted by atomic mass is 14.1. The Bertz CT molecular complexity index is 286. The van der Waals surface area contributed by atoms with E-state index in [1.807, 2.05) is 0 Å². The number of hydrogen-bond acceptors (Lipinski definition) is 0. The Morgan fingerprint density at radius 1 is 1.15 bits per heavy atom. The lowest BCUT2D eigenvalue weighted by molar-refractivity contribution is 0.794. The fraction of sp³-hybridized carbons (Fsp3) is 0.538. The average molecular weight is 174 g/mol. The van der Waals surface area contributed by atoms with Gasteiger partial charge in [-0.25, -0.2) is 0 Å². The molecule has 0 amide bonds. The molecule has 70 valence electrons. The topological polar surface area (TPSA) is 0 Å². The standard InChI is InChI=1S/C13H18/c1-2-3-5-11-8-9-12-6-4-7-13(12)10-11/h8-10H,2-7H2,1H3. The first-order chi connectivity index (χ1) is 6.40. The van der Waals surface area contributed by atoms with E-state index in [2.05, 4.69) is 25.1 Å². The van der Waals surface area contributed by atoms with Gasteiger partial charge in [-0.15, -0.1) is 0 Å². The Kier molecular flexibility index (Phi) is 2.68. The van der Waals surface area contributed by atoms with Crippen LogP contribution in [-0.4, -0.2) is 0 Å². The smallest absolute Gasteiger partial charge is 0.0273 e. The Labute approximate surface area is 81.0 Å². The van der Waals surface area contributed by atoms with Crippen LogP contribution in [0.15, 0.2) is 18.2 Å². The number of hydrogen-bond donors (Lipinski definition) is 0. The second-order valence-corrected chi connectivity index (χ2v) is 4.06. The van der Waals surface area contributed by atoms with Crippen molar-refractivity contribution in [1.82, 2.24) is 0 Å². The number of benzene rings is 1. The highest BCUT2D eigenvalue weighted by molar-refractivity contribution is 5.35. The zero-order valence-electron chi connectivity index (χ0n) is 8.47. The van der Waals surface area contributed by atoms with Crippen molar-refractivity contribution in [2.24, 2.45) is 0 Å². The van der Waals surface area contributed by atoms with Crippen LogP contribution in [0.25, 0.3) is 0 Å². The van der Waals surface area contributed by atoms with Gasteiger partial charge in [0, 0.05) is 0 Å². The molecule has 0 spiro atoms. The van der Waals surface area contributed by atoms with Crippen molar-refractivity contribution >= 4 is 0 Å². The molecule has 0 radical (unpaired) electrons. The van der Waals surface area contributed by atoms with Gasteiger partial charge in [-0.2, -0.15) is 0 Å². The lowest BCUT2D eigenvalue weighted by atomic mass is 10.0. The highest BCUT2D eigenvalue weighted by Crippen LogP contribution is 2.23. The molecule has 1 aromatic rings. The van der Waals surface area contributed by atoms with E-state index in [0.717, 1.165) is 0 Å². The van der Waals surface area contributed by atoms with E-state index in [0.29, 0.717) is 0 Å². The zero-order chi connectivity index (χ0) is 9.10. The van der Waals surface area contributed by atoms with Gasteiger partial charge in [-0.3, -0.25) is 0 Å². The molecule has 0 heteroatoms. The van der Waals surface area contributed by atoms with E-state index < -0.39 is 0 Å². The van der Waals surface area contributed by atoms with Crippen molar-refractivity contribution in [3.63, 3.8) is 0 Å². The third-order valence-corrected chi connectivity index (χ3v) is 2.98. The first-order valence-electron chi connectivity index (χ1n) is 5.51. The number of rotatable bonds is 3. The average Bonchev–Trinajstić information content (AvgIpc) is 2.61. The lowest BCUT2D eigenvalue weighted by Crippen LogP contribution is -1.88. The molecule has 0 saturated heterocycles. The number of unbranched alkanes of at least 4 members (excludes halogenated alkanes) is 1. The van der Waals surface area contributed by atoms with E-state index in [1.54, 1.807) is 16.7 Å². The normalized spacial score (nSPS) is 14.5. The van der Waals surface area contributed by atoms with Gasteiger partial charge in [0.25, 0.3) is 0 Å². The van der Waals surface area contributed by atoms with Crippen LogP contribution in [-0.2, 0) is 19.3 Å². The van der Waals surface area contributed by atoms with Crippen molar-refractivity contribution in [2.75, 3.05) is 0 Å².